The predicted molar refractivity (Wildman–Crippen MR) is 67.2 cm³/mol. The molecule has 0 aromatic rings. The maximum atomic E-state index is 11.5. The summed E-state index contributed by atoms with van der Waals surface area (Å²) in [6.07, 6.45) is 0.537. The van der Waals surface area contributed by atoms with E-state index in [4.69, 9.17) is 15.9 Å². The molecule has 0 aliphatic carbocycles. The summed E-state index contributed by atoms with van der Waals surface area (Å²) in [6, 6.07) is -1.01. The van der Waals surface area contributed by atoms with Crippen LogP contribution < -0.4 is 11.1 Å². The summed E-state index contributed by atoms with van der Waals surface area (Å²) in [7, 11) is 0. The number of amides is 1. The summed E-state index contributed by atoms with van der Waals surface area (Å²) in [6.45, 7) is 1.90. The quantitative estimate of drug-likeness (QED) is 0.431. The summed E-state index contributed by atoms with van der Waals surface area (Å²) in [5.74, 6) is -2.24. The molecule has 0 aromatic heterocycles. The lowest BCUT2D eigenvalue weighted by Crippen LogP contribution is -2.47. The minimum atomic E-state index is -1.15. The van der Waals surface area contributed by atoms with Gasteiger partial charge in [0.1, 0.15) is 0 Å². The average molecular weight is 278 g/mol. The van der Waals surface area contributed by atoms with Crippen molar-refractivity contribution in [2.75, 3.05) is 5.75 Å². The van der Waals surface area contributed by atoms with Crippen molar-refractivity contribution in [1.82, 2.24) is 5.32 Å². The molecule has 0 spiro atoms. The van der Waals surface area contributed by atoms with Gasteiger partial charge in [-0.3, -0.25) is 9.59 Å². The van der Waals surface area contributed by atoms with Crippen molar-refractivity contribution >= 4 is 29.6 Å². The van der Waals surface area contributed by atoms with Crippen LogP contribution in [0.1, 0.15) is 26.2 Å². The second kappa shape index (κ2) is 8.76. The van der Waals surface area contributed by atoms with Crippen molar-refractivity contribution in [3.63, 3.8) is 0 Å². The Kier molecular flexibility index (Phi) is 8.14. The highest BCUT2D eigenvalue weighted by Gasteiger charge is 2.23. The fourth-order valence-corrected chi connectivity index (χ4v) is 1.87. The van der Waals surface area contributed by atoms with E-state index < -0.39 is 29.3 Å². The van der Waals surface area contributed by atoms with Gasteiger partial charge >= 0.3 is 11.9 Å². The molecule has 1 amide bonds. The third-order valence-electron chi connectivity index (χ3n) is 1.99. The zero-order valence-corrected chi connectivity index (χ0v) is 10.9. The molecule has 8 heteroatoms. The van der Waals surface area contributed by atoms with E-state index in [1.54, 1.807) is 0 Å². The first-order chi connectivity index (χ1) is 8.38. The molecule has 0 aliphatic heterocycles. The summed E-state index contributed by atoms with van der Waals surface area (Å²) in [5, 5.41) is 18.6. The third-order valence-corrected chi connectivity index (χ3v) is 3.29. The molecular formula is C10H18N2O5S. The maximum absolute atomic E-state index is 11.5. The Labute approximate surface area is 109 Å². The fourth-order valence-electron chi connectivity index (χ4n) is 1.06. The zero-order chi connectivity index (χ0) is 14.1. The number of aliphatic carboxylic acids is 2. The van der Waals surface area contributed by atoms with Crippen molar-refractivity contribution in [3.8, 4) is 0 Å². The van der Waals surface area contributed by atoms with Crippen molar-refractivity contribution in [2.24, 2.45) is 5.73 Å². The van der Waals surface area contributed by atoms with Gasteiger partial charge in [0.05, 0.1) is 6.04 Å². The van der Waals surface area contributed by atoms with E-state index in [-0.39, 0.29) is 12.8 Å². The van der Waals surface area contributed by atoms with Gasteiger partial charge in [0, 0.05) is 6.42 Å². The van der Waals surface area contributed by atoms with Crippen LogP contribution in [0.15, 0.2) is 0 Å². The Bertz CT molecular complexity index is 311. The lowest BCUT2D eigenvalue weighted by Gasteiger charge is -2.16. The number of nitrogens with two attached hydrogens (primary N) is 1. The Balaban J connectivity index is 4.22. The molecule has 0 aromatic carbocycles. The summed E-state index contributed by atoms with van der Waals surface area (Å²) in [5.41, 5.74) is 5.47. The van der Waals surface area contributed by atoms with Crippen LogP contribution in [0, 0.1) is 0 Å². The molecule has 0 aliphatic rings. The number of nitrogens with one attached hydrogen (secondary N) is 1. The van der Waals surface area contributed by atoms with E-state index in [9.17, 15) is 14.4 Å². The Morgan fingerprint density at radius 3 is 2.39 bits per heavy atom. The molecule has 0 saturated heterocycles. The predicted octanol–water partition coefficient (Wildman–Crippen LogP) is -0.151. The molecule has 0 fully saturated rings. The van der Waals surface area contributed by atoms with E-state index in [2.05, 4.69) is 5.32 Å². The van der Waals surface area contributed by atoms with Gasteiger partial charge in [-0.25, -0.2) is 4.79 Å². The topological polar surface area (TPSA) is 130 Å². The number of hydrogen-bond donors (Lipinski definition) is 4. The zero-order valence-electron chi connectivity index (χ0n) is 10.1. The summed E-state index contributed by atoms with van der Waals surface area (Å²) < 4.78 is 0. The van der Waals surface area contributed by atoms with Crippen LogP contribution in [0.25, 0.3) is 0 Å². The molecule has 5 N–H and O–H groups in total. The summed E-state index contributed by atoms with van der Waals surface area (Å²) >= 11 is 1.10. The minimum absolute atomic E-state index is 0.0219. The number of carboxylic acids is 2. The van der Waals surface area contributed by atoms with Gasteiger partial charge in [0.2, 0.25) is 5.91 Å². The molecule has 0 saturated carbocycles. The molecule has 0 rings (SSSR count). The van der Waals surface area contributed by atoms with Crippen LogP contribution in [-0.2, 0) is 14.4 Å². The van der Waals surface area contributed by atoms with Gasteiger partial charge in [-0.05, 0) is 18.6 Å². The highest BCUT2D eigenvalue weighted by atomic mass is 32.2. The number of carbonyl (C=O) groups excluding carboxylic acids is 1. The van der Waals surface area contributed by atoms with Gasteiger partial charge in [-0.1, -0.05) is 6.92 Å². The summed E-state index contributed by atoms with van der Waals surface area (Å²) in [4.78, 5) is 32.7. The number of carboxylic acid groups (broad SMARTS) is 2. The van der Waals surface area contributed by atoms with E-state index in [1.807, 2.05) is 6.92 Å². The molecule has 0 bridgehead atoms. The monoisotopic (exact) mass is 278 g/mol. The first-order valence-corrected chi connectivity index (χ1v) is 6.55. The molecule has 104 valence electrons. The lowest BCUT2D eigenvalue weighted by atomic mass is 10.1. The Morgan fingerprint density at radius 1 is 1.33 bits per heavy atom. The van der Waals surface area contributed by atoms with Gasteiger partial charge in [0.15, 0.2) is 5.37 Å². The largest absolute Gasteiger partial charge is 0.481 e. The smallest absolute Gasteiger partial charge is 0.336 e. The third kappa shape index (κ3) is 7.13. The molecule has 0 radical (unpaired) electrons. The van der Waals surface area contributed by atoms with E-state index in [0.29, 0.717) is 5.75 Å². The van der Waals surface area contributed by atoms with Gasteiger partial charge in [0.25, 0.3) is 0 Å². The maximum Gasteiger partial charge on any atom is 0.336 e. The van der Waals surface area contributed by atoms with Crippen LogP contribution in [0.5, 0.6) is 0 Å². The molecule has 18 heavy (non-hydrogen) atoms. The highest BCUT2D eigenvalue weighted by Crippen LogP contribution is 2.10. The van der Waals surface area contributed by atoms with Gasteiger partial charge < -0.3 is 21.3 Å². The van der Waals surface area contributed by atoms with Crippen molar-refractivity contribution in [2.45, 2.75) is 37.6 Å². The van der Waals surface area contributed by atoms with Crippen LogP contribution in [-0.4, -0.2) is 45.2 Å². The van der Waals surface area contributed by atoms with E-state index >= 15 is 0 Å². The normalized spacial score (nSPS) is 13.7. The Morgan fingerprint density at radius 2 is 1.94 bits per heavy atom. The average Bonchev–Trinajstić information content (AvgIpc) is 2.30. The number of thioether (sulfide) groups is 1. The van der Waals surface area contributed by atoms with Gasteiger partial charge in [-0.2, -0.15) is 0 Å². The standard InChI is InChI=1S/C10H18N2O5S/c1-2-5-18-9(10(16)17)12-8(15)6(11)3-4-7(13)14/h6,9H,2-5,11H2,1H3,(H,12,15)(H,13,14)(H,16,17)/t6-,9?/m0/s1. The highest BCUT2D eigenvalue weighted by molar-refractivity contribution is 8.00. The minimum Gasteiger partial charge on any atom is -0.481 e. The van der Waals surface area contributed by atoms with Crippen molar-refractivity contribution in [1.29, 1.82) is 0 Å². The molecular weight excluding hydrogens is 260 g/mol. The lowest BCUT2D eigenvalue weighted by molar-refractivity contribution is -0.140. The Hall–Kier alpha value is -1.28. The van der Waals surface area contributed by atoms with E-state index in [1.165, 1.54) is 0 Å². The number of carbonyl (C=O) groups is 3. The van der Waals surface area contributed by atoms with Crippen LogP contribution in [0.4, 0.5) is 0 Å². The number of rotatable bonds is 9. The second-order valence-corrected chi connectivity index (χ2v) is 4.85. The fraction of sp³-hybridized carbons (Fsp3) is 0.700. The second-order valence-electron chi connectivity index (χ2n) is 3.64. The SMILES string of the molecule is CCCSC(NC(=O)[C@@H](N)CCC(=O)O)C(=O)O. The van der Waals surface area contributed by atoms with Crippen LogP contribution in [0.3, 0.4) is 0 Å². The van der Waals surface area contributed by atoms with E-state index in [0.717, 1.165) is 18.2 Å². The van der Waals surface area contributed by atoms with Crippen molar-refractivity contribution < 1.29 is 24.6 Å². The van der Waals surface area contributed by atoms with Crippen LogP contribution in [0.2, 0.25) is 0 Å². The van der Waals surface area contributed by atoms with Crippen LogP contribution >= 0.6 is 11.8 Å². The van der Waals surface area contributed by atoms with Crippen molar-refractivity contribution in [3.05, 3.63) is 0 Å². The molecule has 0 heterocycles. The number of hydrogen-bond acceptors (Lipinski definition) is 5. The molecule has 2 atom stereocenters. The first-order valence-electron chi connectivity index (χ1n) is 5.50. The first kappa shape index (κ1) is 16.7. The van der Waals surface area contributed by atoms with Gasteiger partial charge in [-0.15, -0.1) is 11.8 Å². The molecule has 7 nitrogen and oxygen atoms in total. The molecule has 1 unspecified atom stereocenters.